The number of pyridine rings is 1. The van der Waals surface area contributed by atoms with Crippen molar-refractivity contribution in [3.63, 3.8) is 0 Å². The van der Waals surface area contributed by atoms with Crippen molar-refractivity contribution >= 4 is 21.9 Å². The highest BCUT2D eigenvalue weighted by Gasteiger charge is 2.21. The van der Waals surface area contributed by atoms with Gasteiger partial charge in [-0.15, -0.1) is 0 Å². The zero-order chi connectivity index (χ0) is 11.6. The number of carbonyl (C=O) groups is 1. The Labute approximate surface area is 92.0 Å². The molecule has 0 atom stereocenters. The largest absolute Gasteiger partial charge is 0.481 e. The number of halogens is 3. The van der Waals surface area contributed by atoms with Gasteiger partial charge in [-0.3, -0.25) is 0 Å². The fourth-order valence-corrected chi connectivity index (χ4v) is 1.46. The van der Waals surface area contributed by atoms with Crippen LogP contribution in [0, 0.1) is 0 Å². The standard InChI is InChI=1S/C8H6BrF2NO3/c1-15-7-3(6(10)11)2-4(9)5(12-7)8(13)14/h2,6H,1H3,(H,13,14). The normalized spacial score (nSPS) is 10.5. The maximum atomic E-state index is 12.4. The van der Waals surface area contributed by atoms with Crippen LogP contribution in [0.25, 0.3) is 0 Å². The average Bonchev–Trinajstić information content (AvgIpc) is 2.16. The lowest BCUT2D eigenvalue weighted by molar-refractivity contribution is 0.0687. The van der Waals surface area contributed by atoms with E-state index < -0.39 is 18.0 Å². The lowest BCUT2D eigenvalue weighted by atomic mass is 10.2. The lowest BCUT2D eigenvalue weighted by Crippen LogP contribution is -2.06. The van der Waals surface area contributed by atoms with Crippen molar-refractivity contribution < 1.29 is 23.4 Å². The van der Waals surface area contributed by atoms with Crippen molar-refractivity contribution in [2.24, 2.45) is 0 Å². The number of carboxylic acids is 1. The summed E-state index contributed by atoms with van der Waals surface area (Å²) in [4.78, 5) is 14.1. The summed E-state index contributed by atoms with van der Waals surface area (Å²) in [5.41, 5.74) is -0.814. The maximum absolute atomic E-state index is 12.4. The van der Waals surface area contributed by atoms with Gasteiger partial charge in [0, 0.05) is 0 Å². The molecule has 0 amide bonds. The van der Waals surface area contributed by atoms with Gasteiger partial charge in [-0.05, 0) is 22.0 Å². The van der Waals surface area contributed by atoms with Gasteiger partial charge in [-0.25, -0.2) is 18.6 Å². The molecule has 0 bridgehead atoms. The molecule has 1 rings (SSSR count). The molecule has 1 aromatic heterocycles. The summed E-state index contributed by atoms with van der Waals surface area (Å²) in [6, 6.07) is 0.986. The second-order valence-corrected chi connectivity index (χ2v) is 3.38. The van der Waals surface area contributed by atoms with Gasteiger partial charge in [-0.2, -0.15) is 0 Å². The number of aromatic nitrogens is 1. The van der Waals surface area contributed by atoms with E-state index >= 15 is 0 Å². The van der Waals surface area contributed by atoms with Gasteiger partial charge < -0.3 is 9.84 Å². The van der Waals surface area contributed by atoms with E-state index in [1.807, 2.05) is 0 Å². The Balaban J connectivity index is 3.35. The summed E-state index contributed by atoms with van der Waals surface area (Å²) in [7, 11) is 1.15. The Morgan fingerprint density at radius 3 is 2.67 bits per heavy atom. The summed E-state index contributed by atoms with van der Waals surface area (Å²) >= 11 is 2.85. The van der Waals surface area contributed by atoms with Crippen molar-refractivity contribution in [1.29, 1.82) is 0 Å². The SMILES string of the molecule is COc1nc(C(=O)O)c(Br)cc1C(F)F. The van der Waals surface area contributed by atoms with Crippen LogP contribution in [-0.4, -0.2) is 23.2 Å². The number of alkyl halides is 2. The number of nitrogens with zero attached hydrogens (tertiary/aromatic N) is 1. The van der Waals surface area contributed by atoms with Crippen LogP contribution in [0.5, 0.6) is 5.88 Å². The number of methoxy groups -OCH3 is 1. The second-order valence-electron chi connectivity index (χ2n) is 2.52. The zero-order valence-electron chi connectivity index (χ0n) is 7.50. The summed E-state index contributed by atoms with van der Waals surface area (Å²) in [5.74, 6) is -1.70. The molecule has 0 aliphatic carbocycles. The third kappa shape index (κ3) is 2.41. The highest BCUT2D eigenvalue weighted by atomic mass is 79.9. The number of hydrogen-bond acceptors (Lipinski definition) is 3. The molecular formula is C8H6BrF2NO3. The van der Waals surface area contributed by atoms with Crippen molar-refractivity contribution in [3.8, 4) is 5.88 Å². The molecule has 1 N–H and O–H groups in total. The van der Waals surface area contributed by atoms with Crippen molar-refractivity contribution in [2.75, 3.05) is 7.11 Å². The van der Waals surface area contributed by atoms with Crippen LogP contribution < -0.4 is 4.74 Å². The van der Waals surface area contributed by atoms with Crippen LogP contribution in [0.1, 0.15) is 22.5 Å². The third-order valence-electron chi connectivity index (χ3n) is 1.60. The summed E-state index contributed by atoms with van der Waals surface area (Å²) in [6.45, 7) is 0. The first-order valence-corrected chi connectivity index (χ1v) is 4.52. The van der Waals surface area contributed by atoms with Gasteiger partial charge in [0.15, 0.2) is 5.69 Å². The Morgan fingerprint density at radius 2 is 2.27 bits per heavy atom. The number of carboxylic acid groups (broad SMARTS) is 1. The molecule has 0 aliphatic heterocycles. The molecule has 0 saturated carbocycles. The Hall–Kier alpha value is -1.24. The van der Waals surface area contributed by atoms with Crippen LogP contribution in [0.4, 0.5) is 8.78 Å². The van der Waals surface area contributed by atoms with Crippen LogP contribution in [0.2, 0.25) is 0 Å². The molecule has 82 valence electrons. The van der Waals surface area contributed by atoms with Gasteiger partial charge in [0.2, 0.25) is 5.88 Å². The summed E-state index contributed by atoms with van der Waals surface area (Å²) < 4.78 is 29.4. The smallest absolute Gasteiger partial charge is 0.355 e. The predicted octanol–water partition coefficient (Wildman–Crippen LogP) is 2.49. The third-order valence-corrected chi connectivity index (χ3v) is 2.20. The first kappa shape index (κ1) is 11.8. The zero-order valence-corrected chi connectivity index (χ0v) is 9.09. The van der Waals surface area contributed by atoms with E-state index in [4.69, 9.17) is 5.11 Å². The Morgan fingerprint density at radius 1 is 1.67 bits per heavy atom. The monoisotopic (exact) mass is 281 g/mol. The molecule has 4 nitrogen and oxygen atoms in total. The molecule has 1 aromatic rings. The fourth-order valence-electron chi connectivity index (χ4n) is 0.956. The second kappa shape index (κ2) is 4.52. The Kier molecular flexibility index (Phi) is 3.57. The highest BCUT2D eigenvalue weighted by molar-refractivity contribution is 9.10. The first-order chi connectivity index (χ1) is 6.97. The molecule has 0 radical (unpaired) electrons. The van der Waals surface area contributed by atoms with E-state index in [0.29, 0.717) is 0 Å². The summed E-state index contributed by atoms with van der Waals surface area (Å²) in [6.07, 6.45) is -2.77. The van der Waals surface area contributed by atoms with Crippen LogP contribution >= 0.6 is 15.9 Å². The van der Waals surface area contributed by atoms with Gasteiger partial charge in [0.05, 0.1) is 17.1 Å². The van der Waals surface area contributed by atoms with E-state index in [1.165, 1.54) is 0 Å². The van der Waals surface area contributed by atoms with E-state index in [-0.39, 0.29) is 16.0 Å². The first-order valence-electron chi connectivity index (χ1n) is 3.73. The molecule has 0 spiro atoms. The molecular weight excluding hydrogens is 276 g/mol. The molecule has 0 saturated heterocycles. The van der Waals surface area contributed by atoms with Gasteiger partial charge >= 0.3 is 5.97 Å². The van der Waals surface area contributed by atoms with Crippen LogP contribution in [0.3, 0.4) is 0 Å². The molecule has 0 fully saturated rings. The van der Waals surface area contributed by atoms with Crippen LogP contribution in [0.15, 0.2) is 10.5 Å². The van der Waals surface area contributed by atoms with E-state index in [0.717, 1.165) is 13.2 Å². The summed E-state index contributed by atoms with van der Waals surface area (Å²) in [5, 5.41) is 8.68. The molecule has 1 heterocycles. The average molecular weight is 282 g/mol. The fraction of sp³-hybridized carbons (Fsp3) is 0.250. The minimum atomic E-state index is -2.77. The minimum absolute atomic E-state index is 0.00824. The Bertz CT molecular complexity index is 398. The number of hydrogen-bond donors (Lipinski definition) is 1. The topological polar surface area (TPSA) is 59.4 Å². The van der Waals surface area contributed by atoms with Crippen molar-refractivity contribution in [3.05, 3.63) is 21.8 Å². The van der Waals surface area contributed by atoms with E-state index in [2.05, 4.69) is 25.7 Å². The van der Waals surface area contributed by atoms with Gasteiger partial charge in [0.25, 0.3) is 6.43 Å². The number of rotatable bonds is 3. The number of ether oxygens (including phenoxy) is 1. The van der Waals surface area contributed by atoms with Gasteiger partial charge in [-0.1, -0.05) is 0 Å². The molecule has 0 aromatic carbocycles. The molecule has 0 unspecified atom stereocenters. The van der Waals surface area contributed by atoms with Crippen molar-refractivity contribution in [2.45, 2.75) is 6.43 Å². The molecule has 15 heavy (non-hydrogen) atoms. The van der Waals surface area contributed by atoms with Crippen molar-refractivity contribution in [1.82, 2.24) is 4.98 Å². The number of aromatic carboxylic acids is 1. The molecule has 7 heteroatoms. The van der Waals surface area contributed by atoms with Crippen LogP contribution in [-0.2, 0) is 0 Å². The lowest BCUT2D eigenvalue weighted by Gasteiger charge is -2.08. The van der Waals surface area contributed by atoms with E-state index in [1.54, 1.807) is 0 Å². The molecule has 0 aliphatic rings. The van der Waals surface area contributed by atoms with E-state index in [9.17, 15) is 13.6 Å². The maximum Gasteiger partial charge on any atom is 0.355 e. The minimum Gasteiger partial charge on any atom is -0.481 e. The van der Waals surface area contributed by atoms with Gasteiger partial charge in [0.1, 0.15) is 0 Å². The predicted molar refractivity (Wildman–Crippen MR) is 50.4 cm³/mol. The quantitative estimate of drug-likeness (QED) is 0.925. The highest BCUT2D eigenvalue weighted by Crippen LogP contribution is 2.31.